The van der Waals surface area contributed by atoms with Crippen molar-refractivity contribution in [1.82, 2.24) is 4.57 Å². The SMILES string of the molecule is Oc1c(C=C2C=Nc3ccccc32)sc(=S)n1-c1ccc(Br)c(Cl)c1. The number of para-hydroxylation sites is 1. The highest BCUT2D eigenvalue weighted by Gasteiger charge is 2.16. The first kappa shape index (κ1) is 16.7. The molecule has 1 N–H and O–H groups in total. The number of hydrogen-bond donors (Lipinski definition) is 1. The molecule has 0 amide bonds. The van der Waals surface area contributed by atoms with Crippen LogP contribution in [0.1, 0.15) is 10.4 Å². The minimum Gasteiger partial charge on any atom is -0.493 e. The van der Waals surface area contributed by atoms with E-state index >= 15 is 0 Å². The first-order chi connectivity index (χ1) is 12.0. The molecule has 1 aliphatic rings. The molecule has 0 atom stereocenters. The molecule has 7 heteroatoms. The maximum atomic E-state index is 10.7. The number of aromatic nitrogens is 1. The Balaban J connectivity index is 1.82. The summed E-state index contributed by atoms with van der Waals surface area (Å²) in [7, 11) is 0. The fourth-order valence-corrected chi connectivity index (χ4v) is 4.35. The summed E-state index contributed by atoms with van der Waals surface area (Å²) in [6.07, 6.45) is 3.70. The largest absolute Gasteiger partial charge is 0.493 e. The van der Waals surface area contributed by atoms with E-state index in [9.17, 15) is 5.11 Å². The van der Waals surface area contributed by atoms with E-state index in [-0.39, 0.29) is 5.88 Å². The van der Waals surface area contributed by atoms with Gasteiger partial charge in [-0.15, -0.1) is 11.3 Å². The Morgan fingerprint density at radius 2 is 2.04 bits per heavy atom. The average molecular weight is 450 g/mol. The zero-order valence-electron chi connectivity index (χ0n) is 12.6. The number of aliphatic imine (C=N–C) groups is 1. The van der Waals surface area contributed by atoms with Gasteiger partial charge in [0.2, 0.25) is 5.88 Å². The predicted molar refractivity (Wildman–Crippen MR) is 111 cm³/mol. The molecule has 2 aromatic carbocycles. The van der Waals surface area contributed by atoms with E-state index in [1.165, 1.54) is 11.3 Å². The van der Waals surface area contributed by atoms with Crippen LogP contribution in [0.3, 0.4) is 0 Å². The van der Waals surface area contributed by atoms with Gasteiger partial charge in [0.05, 0.1) is 21.3 Å². The fraction of sp³-hybridized carbons (Fsp3) is 0. The second-order valence-corrected chi connectivity index (χ2v) is 8.30. The topological polar surface area (TPSA) is 37.5 Å². The molecule has 0 aliphatic carbocycles. The number of nitrogens with zero attached hydrogens (tertiary/aromatic N) is 2. The second-order valence-electron chi connectivity index (χ2n) is 5.36. The minimum atomic E-state index is 0.0960. The van der Waals surface area contributed by atoms with Crippen LogP contribution in [0.15, 0.2) is 51.9 Å². The molecule has 0 saturated heterocycles. The Morgan fingerprint density at radius 3 is 2.84 bits per heavy atom. The van der Waals surface area contributed by atoms with E-state index in [1.807, 2.05) is 42.5 Å². The van der Waals surface area contributed by atoms with Crippen LogP contribution in [-0.2, 0) is 0 Å². The highest BCUT2D eigenvalue weighted by Crippen LogP contribution is 2.37. The van der Waals surface area contributed by atoms with E-state index in [0.29, 0.717) is 13.9 Å². The lowest BCUT2D eigenvalue weighted by atomic mass is 10.1. The molecule has 3 aromatic rings. The highest BCUT2D eigenvalue weighted by molar-refractivity contribution is 9.10. The van der Waals surface area contributed by atoms with Crippen molar-refractivity contribution in [3.8, 4) is 11.6 Å². The normalized spacial score (nSPS) is 14.2. The number of benzene rings is 2. The first-order valence-electron chi connectivity index (χ1n) is 7.30. The molecule has 124 valence electrons. The molecule has 0 spiro atoms. The van der Waals surface area contributed by atoms with Gasteiger partial charge in [-0.2, -0.15) is 0 Å². The highest BCUT2D eigenvalue weighted by atomic mass is 79.9. The van der Waals surface area contributed by atoms with Crippen molar-refractivity contribution in [2.24, 2.45) is 4.99 Å². The average Bonchev–Trinajstić information content (AvgIpc) is 3.12. The molecular weight excluding hydrogens is 440 g/mol. The Hall–Kier alpha value is -1.73. The number of hydrogen-bond acceptors (Lipinski definition) is 4. The van der Waals surface area contributed by atoms with Gasteiger partial charge >= 0.3 is 0 Å². The molecule has 0 saturated carbocycles. The van der Waals surface area contributed by atoms with Crippen LogP contribution >= 0.6 is 51.1 Å². The van der Waals surface area contributed by atoms with Gasteiger partial charge in [0.1, 0.15) is 0 Å². The summed E-state index contributed by atoms with van der Waals surface area (Å²) in [5.41, 5.74) is 3.63. The molecule has 0 unspecified atom stereocenters. The van der Waals surface area contributed by atoms with Crippen LogP contribution in [0.25, 0.3) is 17.3 Å². The number of thiazole rings is 1. The first-order valence-corrected chi connectivity index (χ1v) is 9.69. The van der Waals surface area contributed by atoms with Crippen LogP contribution in [0.2, 0.25) is 5.02 Å². The van der Waals surface area contributed by atoms with Crippen molar-refractivity contribution < 1.29 is 5.11 Å². The number of halogens is 2. The number of rotatable bonds is 2. The monoisotopic (exact) mass is 448 g/mol. The Kier molecular flexibility index (Phi) is 4.37. The molecule has 1 aliphatic heterocycles. The van der Waals surface area contributed by atoms with Crippen molar-refractivity contribution >= 4 is 74.6 Å². The van der Waals surface area contributed by atoms with Crippen LogP contribution in [-0.4, -0.2) is 15.9 Å². The summed E-state index contributed by atoms with van der Waals surface area (Å²) in [4.78, 5) is 5.07. The summed E-state index contributed by atoms with van der Waals surface area (Å²) in [5.74, 6) is 0.0960. The molecule has 1 aromatic heterocycles. The summed E-state index contributed by atoms with van der Waals surface area (Å²) < 4.78 is 2.95. The van der Waals surface area contributed by atoms with Gasteiger partial charge in [-0.1, -0.05) is 29.8 Å². The quantitative estimate of drug-likeness (QED) is 0.445. The summed E-state index contributed by atoms with van der Waals surface area (Å²) in [6, 6.07) is 13.3. The van der Waals surface area contributed by atoms with E-state index in [1.54, 1.807) is 16.8 Å². The van der Waals surface area contributed by atoms with E-state index in [2.05, 4.69) is 20.9 Å². The number of fused-ring (bicyclic) bond motifs is 1. The summed E-state index contributed by atoms with van der Waals surface area (Å²) >= 11 is 16.3. The van der Waals surface area contributed by atoms with Crippen LogP contribution in [0.4, 0.5) is 5.69 Å². The van der Waals surface area contributed by atoms with Gasteiger partial charge in [-0.25, -0.2) is 0 Å². The van der Waals surface area contributed by atoms with Crippen molar-refractivity contribution in [3.05, 3.63) is 66.4 Å². The zero-order valence-corrected chi connectivity index (χ0v) is 16.6. The van der Waals surface area contributed by atoms with Crippen molar-refractivity contribution in [3.63, 3.8) is 0 Å². The third-order valence-electron chi connectivity index (χ3n) is 3.82. The van der Waals surface area contributed by atoms with Crippen LogP contribution < -0.4 is 0 Å². The third-order valence-corrected chi connectivity index (χ3v) is 6.36. The van der Waals surface area contributed by atoms with Gasteiger partial charge < -0.3 is 5.11 Å². The molecular formula is C18H10BrClN2OS2. The van der Waals surface area contributed by atoms with E-state index in [4.69, 9.17) is 23.8 Å². The Morgan fingerprint density at radius 1 is 1.24 bits per heavy atom. The Labute approximate surface area is 166 Å². The smallest absolute Gasteiger partial charge is 0.215 e. The molecule has 0 radical (unpaired) electrons. The fourth-order valence-electron chi connectivity index (χ4n) is 2.62. The van der Waals surface area contributed by atoms with Crippen LogP contribution in [0.5, 0.6) is 5.88 Å². The molecule has 0 bridgehead atoms. The predicted octanol–water partition coefficient (Wildman–Crippen LogP) is 6.65. The lowest BCUT2D eigenvalue weighted by Gasteiger charge is -2.06. The standard InChI is InChI=1S/C18H10BrClN2OS2/c19-13-6-5-11(8-14(13)20)22-17(23)16(25-18(22)24)7-10-9-21-15-4-2-1-3-12(10)15/h1-9,23H. The zero-order chi connectivity index (χ0) is 17.6. The number of allylic oxidation sites excluding steroid dienone is 1. The summed E-state index contributed by atoms with van der Waals surface area (Å²) in [5, 5.41) is 11.3. The van der Waals surface area contributed by atoms with E-state index < -0.39 is 0 Å². The third kappa shape index (κ3) is 3.00. The lowest BCUT2D eigenvalue weighted by molar-refractivity contribution is 0.441. The molecule has 3 nitrogen and oxygen atoms in total. The molecule has 25 heavy (non-hydrogen) atoms. The van der Waals surface area contributed by atoms with Crippen LogP contribution in [0, 0.1) is 3.95 Å². The summed E-state index contributed by atoms with van der Waals surface area (Å²) in [6.45, 7) is 0. The maximum Gasteiger partial charge on any atom is 0.215 e. The molecule has 4 rings (SSSR count). The lowest BCUT2D eigenvalue weighted by Crippen LogP contribution is -1.93. The van der Waals surface area contributed by atoms with Gasteiger partial charge in [0.25, 0.3) is 0 Å². The van der Waals surface area contributed by atoms with E-state index in [0.717, 1.165) is 27.0 Å². The second kappa shape index (κ2) is 6.53. The van der Waals surface area contributed by atoms with Crippen molar-refractivity contribution in [2.45, 2.75) is 0 Å². The van der Waals surface area contributed by atoms with Gasteiger partial charge in [-0.05, 0) is 58.5 Å². The van der Waals surface area contributed by atoms with Crippen molar-refractivity contribution in [2.75, 3.05) is 0 Å². The minimum absolute atomic E-state index is 0.0960. The number of aromatic hydroxyl groups is 1. The van der Waals surface area contributed by atoms with Gasteiger partial charge in [0, 0.05) is 21.8 Å². The Bertz CT molecular complexity index is 1110. The van der Waals surface area contributed by atoms with Gasteiger partial charge in [-0.3, -0.25) is 9.56 Å². The van der Waals surface area contributed by atoms with Crippen molar-refractivity contribution in [1.29, 1.82) is 0 Å². The van der Waals surface area contributed by atoms with Gasteiger partial charge in [0.15, 0.2) is 3.95 Å². The maximum absolute atomic E-state index is 10.7. The molecule has 2 heterocycles. The molecule has 0 fully saturated rings.